The highest BCUT2D eigenvalue weighted by molar-refractivity contribution is 5.68. The summed E-state index contributed by atoms with van der Waals surface area (Å²) >= 11 is 0. The van der Waals surface area contributed by atoms with E-state index in [0.717, 1.165) is 12.8 Å². The molecule has 0 aliphatic carbocycles. The van der Waals surface area contributed by atoms with E-state index < -0.39 is 0 Å². The van der Waals surface area contributed by atoms with Gasteiger partial charge in [-0.1, -0.05) is 19.9 Å². The smallest absolute Gasteiger partial charge is 0.305 e. The second-order valence-electron chi connectivity index (χ2n) is 3.62. The van der Waals surface area contributed by atoms with Crippen LogP contribution in [0.25, 0.3) is 0 Å². The zero-order valence-corrected chi connectivity index (χ0v) is 8.22. The Bertz CT molecular complexity index is 159. The van der Waals surface area contributed by atoms with Crippen molar-refractivity contribution >= 4 is 5.97 Å². The van der Waals surface area contributed by atoms with Gasteiger partial charge in [0.2, 0.25) is 0 Å². The fourth-order valence-electron chi connectivity index (χ4n) is 0.892. The van der Waals surface area contributed by atoms with E-state index in [1.807, 2.05) is 6.08 Å². The molecule has 0 saturated carbocycles. The normalized spacial score (nSPS) is 10.9. The molecule has 0 saturated heterocycles. The number of carbonyl (C=O) groups is 1. The van der Waals surface area contributed by atoms with Crippen LogP contribution in [0.15, 0.2) is 12.7 Å². The summed E-state index contributed by atoms with van der Waals surface area (Å²) in [6, 6.07) is 0. The lowest BCUT2D eigenvalue weighted by Gasteiger charge is -2.18. The van der Waals surface area contributed by atoms with Crippen LogP contribution in [0, 0.1) is 5.41 Å². The Kier molecular flexibility index (Phi) is 4.64. The van der Waals surface area contributed by atoms with Gasteiger partial charge in [0.05, 0.1) is 7.11 Å². The summed E-state index contributed by atoms with van der Waals surface area (Å²) in [5.74, 6) is -0.130. The molecule has 0 bridgehead atoms. The number of ether oxygens (including phenoxy) is 1. The second-order valence-corrected chi connectivity index (χ2v) is 3.62. The molecule has 0 amide bonds. The zero-order valence-electron chi connectivity index (χ0n) is 8.22. The van der Waals surface area contributed by atoms with Gasteiger partial charge in [0.15, 0.2) is 0 Å². The SMILES string of the molecule is C=CC(C)(C)CCCC(=O)OC. The summed E-state index contributed by atoms with van der Waals surface area (Å²) in [5, 5.41) is 0. The van der Waals surface area contributed by atoms with E-state index in [9.17, 15) is 4.79 Å². The molecule has 0 rings (SSSR count). The molecule has 0 fully saturated rings. The molecule has 0 radical (unpaired) electrons. The van der Waals surface area contributed by atoms with Crippen molar-refractivity contribution in [1.82, 2.24) is 0 Å². The minimum Gasteiger partial charge on any atom is -0.469 e. The molecule has 0 aromatic heterocycles. The van der Waals surface area contributed by atoms with Gasteiger partial charge in [-0.15, -0.1) is 6.58 Å². The number of allylic oxidation sites excluding steroid dienone is 1. The van der Waals surface area contributed by atoms with Crippen LogP contribution in [0.2, 0.25) is 0 Å². The third-order valence-electron chi connectivity index (χ3n) is 1.98. The number of carbonyl (C=O) groups excluding carboxylic acids is 1. The summed E-state index contributed by atoms with van der Waals surface area (Å²) in [6.07, 6.45) is 4.27. The average molecular weight is 170 g/mol. The van der Waals surface area contributed by atoms with Crippen LogP contribution < -0.4 is 0 Å². The van der Waals surface area contributed by atoms with Crippen LogP contribution in [-0.4, -0.2) is 13.1 Å². The summed E-state index contributed by atoms with van der Waals surface area (Å²) < 4.78 is 4.53. The highest BCUT2D eigenvalue weighted by atomic mass is 16.5. The fourth-order valence-corrected chi connectivity index (χ4v) is 0.892. The Labute approximate surface area is 74.6 Å². The molecule has 0 aliphatic rings. The first-order valence-corrected chi connectivity index (χ1v) is 4.22. The first-order chi connectivity index (χ1) is 5.52. The Morgan fingerprint density at radius 2 is 2.17 bits per heavy atom. The standard InChI is InChI=1S/C10H18O2/c1-5-10(2,3)8-6-7-9(11)12-4/h5H,1,6-8H2,2-4H3. The van der Waals surface area contributed by atoms with Gasteiger partial charge in [-0.2, -0.15) is 0 Å². The van der Waals surface area contributed by atoms with E-state index in [4.69, 9.17) is 0 Å². The summed E-state index contributed by atoms with van der Waals surface area (Å²) in [5.41, 5.74) is 0.133. The largest absolute Gasteiger partial charge is 0.469 e. The highest BCUT2D eigenvalue weighted by Crippen LogP contribution is 2.23. The molecule has 0 aromatic rings. The van der Waals surface area contributed by atoms with Crippen LogP contribution in [0.1, 0.15) is 33.1 Å². The van der Waals surface area contributed by atoms with Crippen molar-refractivity contribution in [1.29, 1.82) is 0 Å². The maximum absolute atomic E-state index is 10.7. The Balaban J connectivity index is 3.56. The number of methoxy groups -OCH3 is 1. The lowest BCUT2D eigenvalue weighted by Crippen LogP contribution is -2.08. The Hall–Kier alpha value is -0.790. The maximum atomic E-state index is 10.7. The monoisotopic (exact) mass is 170 g/mol. The highest BCUT2D eigenvalue weighted by Gasteiger charge is 2.12. The van der Waals surface area contributed by atoms with Crippen LogP contribution in [0.4, 0.5) is 0 Å². The zero-order chi connectivity index (χ0) is 9.61. The predicted octanol–water partition coefficient (Wildman–Crippen LogP) is 2.54. The Morgan fingerprint density at radius 1 is 1.58 bits per heavy atom. The summed E-state index contributed by atoms with van der Waals surface area (Å²) in [7, 11) is 1.42. The molecular formula is C10H18O2. The fraction of sp³-hybridized carbons (Fsp3) is 0.700. The van der Waals surface area contributed by atoms with Gasteiger partial charge in [0, 0.05) is 6.42 Å². The third kappa shape index (κ3) is 4.94. The van der Waals surface area contributed by atoms with Gasteiger partial charge in [-0.05, 0) is 18.3 Å². The molecule has 0 aliphatic heterocycles. The van der Waals surface area contributed by atoms with E-state index in [0.29, 0.717) is 6.42 Å². The average Bonchev–Trinajstić information content (AvgIpc) is 2.04. The van der Waals surface area contributed by atoms with Crippen molar-refractivity contribution in [2.45, 2.75) is 33.1 Å². The van der Waals surface area contributed by atoms with Crippen LogP contribution in [0.5, 0.6) is 0 Å². The van der Waals surface area contributed by atoms with Crippen LogP contribution >= 0.6 is 0 Å². The van der Waals surface area contributed by atoms with E-state index in [2.05, 4.69) is 25.2 Å². The molecule has 0 heterocycles. The van der Waals surface area contributed by atoms with E-state index in [1.165, 1.54) is 7.11 Å². The Morgan fingerprint density at radius 3 is 2.58 bits per heavy atom. The maximum Gasteiger partial charge on any atom is 0.305 e. The van der Waals surface area contributed by atoms with E-state index in [1.54, 1.807) is 0 Å². The minimum atomic E-state index is -0.130. The van der Waals surface area contributed by atoms with Gasteiger partial charge in [-0.3, -0.25) is 4.79 Å². The molecule has 0 spiro atoms. The van der Waals surface area contributed by atoms with E-state index >= 15 is 0 Å². The topological polar surface area (TPSA) is 26.3 Å². The van der Waals surface area contributed by atoms with Crippen molar-refractivity contribution in [3.05, 3.63) is 12.7 Å². The third-order valence-corrected chi connectivity index (χ3v) is 1.98. The van der Waals surface area contributed by atoms with Gasteiger partial charge in [0.25, 0.3) is 0 Å². The summed E-state index contributed by atoms with van der Waals surface area (Å²) in [4.78, 5) is 10.7. The quantitative estimate of drug-likeness (QED) is 0.468. The van der Waals surface area contributed by atoms with E-state index in [-0.39, 0.29) is 11.4 Å². The molecule has 0 unspecified atom stereocenters. The van der Waals surface area contributed by atoms with Gasteiger partial charge in [-0.25, -0.2) is 0 Å². The second kappa shape index (κ2) is 4.96. The van der Waals surface area contributed by atoms with Crippen molar-refractivity contribution in [3.8, 4) is 0 Å². The lowest BCUT2D eigenvalue weighted by molar-refractivity contribution is -0.140. The van der Waals surface area contributed by atoms with Crippen molar-refractivity contribution < 1.29 is 9.53 Å². The van der Waals surface area contributed by atoms with Gasteiger partial charge in [0.1, 0.15) is 0 Å². The molecule has 0 atom stereocenters. The lowest BCUT2D eigenvalue weighted by atomic mass is 9.87. The molecule has 2 heteroatoms. The van der Waals surface area contributed by atoms with Gasteiger partial charge < -0.3 is 4.74 Å². The molecule has 70 valence electrons. The first-order valence-electron chi connectivity index (χ1n) is 4.22. The molecule has 0 aromatic carbocycles. The number of rotatable bonds is 5. The van der Waals surface area contributed by atoms with Crippen molar-refractivity contribution in [3.63, 3.8) is 0 Å². The van der Waals surface area contributed by atoms with Crippen LogP contribution in [0.3, 0.4) is 0 Å². The first kappa shape index (κ1) is 11.2. The molecule has 0 N–H and O–H groups in total. The number of hydrogen-bond acceptors (Lipinski definition) is 2. The predicted molar refractivity (Wildman–Crippen MR) is 49.8 cm³/mol. The summed E-state index contributed by atoms with van der Waals surface area (Å²) in [6.45, 7) is 7.95. The van der Waals surface area contributed by atoms with Crippen molar-refractivity contribution in [2.75, 3.05) is 7.11 Å². The molecular weight excluding hydrogens is 152 g/mol. The minimum absolute atomic E-state index is 0.130. The van der Waals surface area contributed by atoms with Crippen molar-refractivity contribution in [2.24, 2.45) is 5.41 Å². The molecule has 2 nitrogen and oxygen atoms in total. The van der Waals surface area contributed by atoms with Crippen LogP contribution in [-0.2, 0) is 9.53 Å². The van der Waals surface area contributed by atoms with Gasteiger partial charge >= 0.3 is 5.97 Å². The number of esters is 1. The number of hydrogen-bond donors (Lipinski definition) is 0. The molecule has 12 heavy (non-hydrogen) atoms.